The highest BCUT2D eigenvalue weighted by Gasteiger charge is 2.34. The Labute approximate surface area is 92.1 Å². The van der Waals surface area contributed by atoms with Gasteiger partial charge in [0.1, 0.15) is 0 Å². The maximum Gasteiger partial charge on any atom is 0.164 e. The second-order valence-electron chi connectivity index (χ2n) is 3.60. The SMILES string of the molecule is CN1CNC(C)(c2cccc(Br)c2)O1. The van der Waals surface area contributed by atoms with E-state index in [1.54, 1.807) is 5.06 Å². The van der Waals surface area contributed by atoms with E-state index in [2.05, 4.69) is 33.4 Å². The van der Waals surface area contributed by atoms with E-state index in [1.807, 2.05) is 26.1 Å². The van der Waals surface area contributed by atoms with Gasteiger partial charge in [-0.15, -0.1) is 0 Å². The topological polar surface area (TPSA) is 24.5 Å². The van der Waals surface area contributed by atoms with Crippen LogP contribution in [0.4, 0.5) is 0 Å². The highest BCUT2D eigenvalue weighted by molar-refractivity contribution is 9.10. The minimum Gasteiger partial charge on any atom is -0.271 e. The summed E-state index contributed by atoms with van der Waals surface area (Å²) in [4.78, 5) is 5.69. The Morgan fingerprint density at radius 2 is 2.36 bits per heavy atom. The predicted octanol–water partition coefficient (Wildman–Crippen LogP) is 2.05. The Balaban J connectivity index is 2.30. The number of benzene rings is 1. The summed E-state index contributed by atoms with van der Waals surface area (Å²) in [7, 11) is 1.91. The first-order valence-corrected chi connectivity index (χ1v) is 5.31. The third-order valence-corrected chi connectivity index (χ3v) is 2.85. The van der Waals surface area contributed by atoms with Gasteiger partial charge in [0.25, 0.3) is 0 Å². The number of nitrogens with one attached hydrogen (secondary N) is 1. The lowest BCUT2D eigenvalue weighted by Crippen LogP contribution is -2.34. The minimum absolute atomic E-state index is 0.404. The number of hydroxylamine groups is 2. The molecule has 1 N–H and O–H groups in total. The van der Waals surface area contributed by atoms with E-state index in [9.17, 15) is 0 Å². The summed E-state index contributed by atoms with van der Waals surface area (Å²) in [5, 5.41) is 5.10. The largest absolute Gasteiger partial charge is 0.271 e. The fraction of sp³-hybridized carbons (Fsp3) is 0.400. The fourth-order valence-corrected chi connectivity index (χ4v) is 1.98. The Morgan fingerprint density at radius 1 is 1.57 bits per heavy atom. The van der Waals surface area contributed by atoms with Gasteiger partial charge in [0, 0.05) is 17.1 Å². The van der Waals surface area contributed by atoms with Crippen LogP contribution < -0.4 is 5.32 Å². The molecule has 0 bridgehead atoms. The highest BCUT2D eigenvalue weighted by atomic mass is 79.9. The van der Waals surface area contributed by atoms with Gasteiger partial charge in [0.2, 0.25) is 0 Å². The molecule has 1 aliphatic rings. The van der Waals surface area contributed by atoms with Crippen LogP contribution in [0.15, 0.2) is 28.7 Å². The zero-order valence-corrected chi connectivity index (χ0v) is 9.84. The van der Waals surface area contributed by atoms with Gasteiger partial charge in [-0.25, -0.2) is 0 Å². The zero-order valence-electron chi connectivity index (χ0n) is 8.25. The van der Waals surface area contributed by atoms with Gasteiger partial charge in [-0.05, 0) is 19.1 Å². The van der Waals surface area contributed by atoms with Gasteiger partial charge in [0.15, 0.2) is 5.72 Å². The summed E-state index contributed by atoms with van der Waals surface area (Å²) in [6, 6.07) is 8.13. The first-order valence-electron chi connectivity index (χ1n) is 4.51. The van der Waals surface area contributed by atoms with Crippen molar-refractivity contribution in [1.82, 2.24) is 10.4 Å². The molecular weight excluding hydrogens is 244 g/mol. The van der Waals surface area contributed by atoms with Gasteiger partial charge in [-0.3, -0.25) is 10.2 Å². The number of hydrogen-bond acceptors (Lipinski definition) is 3. The summed E-state index contributed by atoms with van der Waals surface area (Å²) in [6.07, 6.45) is 0. The maximum atomic E-state index is 5.69. The van der Waals surface area contributed by atoms with Crippen LogP contribution >= 0.6 is 15.9 Å². The second-order valence-corrected chi connectivity index (χ2v) is 4.51. The van der Waals surface area contributed by atoms with Gasteiger partial charge in [-0.1, -0.05) is 28.1 Å². The average molecular weight is 257 g/mol. The standard InChI is InChI=1S/C10H13BrN2O/c1-10(12-7-13(2)14-10)8-4-3-5-9(11)6-8/h3-6,12H,7H2,1-2H3. The molecule has 1 unspecified atom stereocenters. The molecule has 1 aromatic carbocycles. The maximum absolute atomic E-state index is 5.69. The van der Waals surface area contributed by atoms with Crippen molar-refractivity contribution in [2.75, 3.05) is 13.7 Å². The molecule has 1 heterocycles. The quantitative estimate of drug-likeness (QED) is 0.833. The number of halogens is 1. The molecule has 0 amide bonds. The van der Waals surface area contributed by atoms with Crippen molar-refractivity contribution in [2.24, 2.45) is 0 Å². The molecule has 2 rings (SSSR count). The predicted molar refractivity (Wildman–Crippen MR) is 58.3 cm³/mol. The fourth-order valence-electron chi connectivity index (χ4n) is 1.58. The van der Waals surface area contributed by atoms with Crippen molar-refractivity contribution in [2.45, 2.75) is 12.6 Å². The summed E-state index contributed by atoms with van der Waals surface area (Å²) in [6.45, 7) is 2.77. The van der Waals surface area contributed by atoms with E-state index < -0.39 is 5.72 Å². The van der Waals surface area contributed by atoms with Crippen LogP contribution in [0.2, 0.25) is 0 Å². The molecule has 3 nitrogen and oxygen atoms in total. The average Bonchev–Trinajstić information content (AvgIpc) is 2.48. The van der Waals surface area contributed by atoms with Crippen molar-refractivity contribution >= 4 is 15.9 Å². The van der Waals surface area contributed by atoms with E-state index in [4.69, 9.17) is 4.84 Å². The van der Waals surface area contributed by atoms with Crippen molar-refractivity contribution in [1.29, 1.82) is 0 Å². The van der Waals surface area contributed by atoms with E-state index >= 15 is 0 Å². The van der Waals surface area contributed by atoms with E-state index in [1.165, 1.54) is 0 Å². The molecule has 0 aliphatic carbocycles. The molecule has 1 aromatic rings. The summed E-state index contributed by atoms with van der Waals surface area (Å²) < 4.78 is 1.07. The molecule has 0 aromatic heterocycles. The van der Waals surface area contributed by atoms with E-state index in [0.29, 0.717) is 0 Å². The molecule has 0 spiro atoms. The summed E-state index contributed by atoms with van der Waals surface area (Å²) >= 11 is 3.45. The van der Waals surface area contributed by atoms with Gasteiger partial charge in [-0.2, -0.15) is 5.06 Å². The number of nitrogens with zero attached hydrogens (tertiary/aromatic N) is 1. The van der Waals surface area contributed by atoms with Crippen molar-refractivity contribution in [3.63, 3.8) is 0 Å². The van der Waals surface area contributed by atoms with Crippen LogP contribution in [0.1, 0.15) is 12.5 Å². The molecule has 0 radical (unpaired) electrons. The van der Waals surface area contributed by atoms with Crippen LogP contribution in [0.25, 0.3) is 0 Å². The van der Waals surface area contributed by atoms with Crippen LogP contribution in [-0.4, -0.2) is 18.8 Å². The third kappa shape index (κ3) is 1.83. The van der Waals surface area contributed by atoms with Crippen LogP contribution in [-0.2, 0) is 10.6 Å². The van der Waals surface area contributed by atoms with Gasteiger partial charge >= 0.3 is 0 Å². The second kappa shape index (κ2) is 3.62. The van der Waals surface area contributed by atoms with E-state index in [-0.39, 0.29) is 0 Å². The Kier molecular flexibility index (Phi) is 2.62. The smallest absolute Gasteiger partial charge is 0.164 e. The molecule has 76 valence electrons. The Hall–Kier alpha value is -0.420. The zero-order chi connectivity index (χ0) is 10.2. The lowest BCUT2D eigenvalue weighted by atomic mass is 10.1. The molecule has 14 heavy (non-hydrogen) atoms. The van der Waals surface area contributed by atoms with Crippen LogP contribution in [0.5, 0.6) is 0 Å². The third-order valence-electron chi connectivity index (χ3n) is 2.35. The molecule has 0 saturated carbocycles. The van der Waals surface area contributed by atoms with Crippen LogP contribution in [0.3, 0.4) is 0 Å². The van der Waals surface area contributed by atoms with Crippen LogP contribution in [0, 0.1) is 0 Å². The van der Waals surface area contributed by atoms with E-state index in [0.717, 1.165) is 16.7 Å². The van der Waals surface area contributed by atoms with Crippen molar-refractivity contribution in [3.8, 4) is 0 Å². The van der Waals surface area contributed by atoms with Gasteiger partial charge < -0.3 is 0 Å². The lowest BCUT2D eigenvalue weighted by molar-refractivity contribution is -0.179. The Bertz CT molecular complexity index is 345. The van der Waals surface area contributed by atoms with Crippen molar-refractivity contribution in [3.05, 3.63) is 34.3 Å². The van der Waals surface area contributed by atoms with Gasteiger partial charge in [0.05, 0.1) is 6.67 Å². The molecule has 1 aliphatic heterocycles. The highest BCUT2D eigenvalue weighted by Crippen LogP contribution is 2.28. The first kappa shape index (κ1) is 10.1. The molecule has 4 heteroatoms. The molecule has 1 saturated heterocycles. The number of rotatable bonds is 1. The normalized spacial score (nSPS) is 28.2. The first-order chi connectivity index (χ1) is 6.60. The lowest BCUT2D eigenvalue weighted by Gasteiger charge is -2.23. The summed E-state index contributed by atoms with van der Waals surface area (Å²) in [5.41, 5.74) is 0.717. The molecular formula is C10H13BrN2O. The molecule has 1 atom stereocenters. The monoisotopic (exact) mass is 256 g/mol. The van der Waals surface area contributed by atoms with Crippen molar-refractivity contribution < 1.29 is 4.84 Å². The summed E-state index contributed by atoms with van der Waals surface area (Å²) in [5.74, 6) is 0. The minimum atomic E-state index is -0.404. The Morgan fingerprint density at radius 3 is 2.93 bits per heavy atom. The number of hydrogen-bond donors (Lipinski definition) is 1. The molecule has 1 fully saturated rings.